The molecule has 0 aliphatic rings. The predicted molar refractivity (Wildman–Crippen MR) is 88.1 cm³/mol. The van der Waals surface area contributed by atoms with Gasteiger partial charge in [0, 0.05) is 37.1 Å². The summed E-state index contributed by atoms with van der Waals surface area (Å²) in [5.41, 5.74) is 1.48. The van der Waals surface area contributed by atoms with Crippen molar-refractivity contribution >= 4 is 17.6 Å². The first-order chi connectivity index (χ1) is 10.1. The largest absolute Gasteiger partial charge is 0.444 e. The fourth-order valence-corrected chi connectivity index (χ4v) is 1.54. The standard InChI is InChI=1S/C17H24N2O3/c1-12(19(5)6)11-15(20)13-7-9-14(10-8-13)18-16(21)22-17(2,3)4/h7-11H,1-6H3,(H,18,21)/b12-11+. The van der Waals surface area contributed by atoms with Crippen molar-refractivity contribution in [2.24, 2.45) is 0 Å². The van der Waals surface area contributed by atoms with Gasteiger partial charge in [0.15, 0.2) is 5.78 Å². The fraction of sp³-hybridized carbons (Fsp3) is 0.412. The minimum atomic E-state index is -0.547. The highest BCUT2D eigenvalue weighted by molar-refractivity contribution is 6.05. The number of ether oxygens (including phenoxy) is 1. The van der Waals surface area contributed by atoms with Gasteiger partial charge in [-0.05, 0) is 52.0 Å². The molecule has 0 spiro atoms. The summed E-state index contributed by atoms with van der Waals surface area (Å²) in [6.07, 6.45) is 1.06. The lowest BCUT2D eigenvalue weighted by Crippen LogP contribution is -2.27. The van der Waals surface area contributed by atoms with E-state index < -0.39 is 11.7 Å². The maximum absolute atomic E-state index is 12.1. The number of carbonyl (C=O) groups is 2. The first-order valence-corrected chi connectivity index (χ1v) is 7.08. The number of benzene rings is 1. The van der Waals surface area contributed by atoms with Crippen molar-refractivity contribution in [3.8, 4) is 0 Å². The molecular formula is C17H24N2O3. The van der Waals surface area contributed by atoms with Crippen LogP contribution in [0.15, 0.2) is 36.0 Å². The van der Waals surface area contributed by atoms with Crippen LogP contribution in [-0.4, -0.2) is 36.5 Å². The molecule has 0 bridgehead atoms. The molecule has 0 aliphatic heterocycles. The number of rotatable bonds is 4. The maximum Gasteiger partial charge on any atom is 0.412 e. The smallest absolute Gasteiger partial charge is 0.412 e. The second-order valence-corrected chi connectivity index (χ2v) is 6.25. The molecule has 0 aromatic heterocycles. The van der Waals surface area contributed by atoms with Crippen molar-refractivity contribution < 1.29 is 14.3 Å². The molecule has 120 valence electrons. The van der Waals surface area contributed by atoms with E-state index in [-0.39, 0.29) is 5.78 Å². The van der Waals surface area contributed by atoms with Crippen LogP contribution in [0.4, 0.5) is 10.5 Å². The van der Waals surface area contributed by atoms with Gasteiger partial charge in [0.1, 0.15) is 5.60 Å². The second-order valence-electron chi connectivity index (χ2n) is 6.25. The zero-order valence-corrected chi connectivity index (χ0v) is 14.1. The molecule has 1 amide bonds. The van der Waals surface area contributed by atoms with Crippen molar-refractivity contribution in [1.82, 2.24) is 4.90 Å². The Morgan fingerprint density at radius 3 is 2.14 bits per heavy atom. The SMILES string of the molecule is C/C(=C\C(=O)c1ccc(NC(=O)OC(C)(C)C)cc1)N(C)C. The number of hydrogen-bond donors (Lipinski definition) is 1. The summed E-state index contributed by atoms with van der Waals surface area (Å²) in [5, 5.41) is 2.63. The van der Waals surface area contributed by atoms with Crippen LogP contribution in [0, 0.1) is 0 Å². The summed E-state index contributed by atoms with van der Waals surface area (Å²) in [7, 11) is 3.76. The van der Waals surface area contributed by atoms with Crippen LogP contribution in [0.25, 0.3) is 0 Å². The molecule has 0 aliphatic carbocycles. The lowest BCUT2D eigenvalue weighted by molar-refractivity contribution is 0.0636. The van der Waals surface area contributed by atoms with Crippen molar-refractivity contribution in [1.29, 1.82) is 0 Å². The van der Waals surface area contributed by atoms with Crippen LogP contribution >= 0.6 is 0 Å². The molecule has 0 saturated carbocycles. The third kappa shape index (κ3) is 5.99. The zero-order chi connectivity index (χ0) is 16.9. The van der Waals surface area contributed by atoms with Crippen LogP contribution in [0.1, 0.15) is 38.1 Å². The number of carbonyl (C=O) groups excluding carboxylic acids is 2. The minimum absolute atomic E-state index is 0.0741. The van der Waals surface area contributed by atoms with Crippen molar-refractivity contribution in [3.63, 3.8) is 0 Å². The Labute approximate surface area is 132 Å². The Morgan fingerprint density at radius 2 is 1.68 bits per heavy atom. The Kier molecular flexibility index (Phi) is 5.74. The molecule has 1 aromatic carbocycles. The lowest BCUT2D eigenvalue weighted by atomic mass is 10.1. The van der Waals surface area contributed by atoms with E-state index in [1.165, 1.54) is 0 Å². The highest BCUT2D eigenvalue weighted by atomic mass is 16.6. The van der Waals surface area contributed by atoms with Crippen molar-refractivity contribution in [2.75, 3.05) is 19.4 Å². The Bertz CT molecular complexity index is 567. The number of nitrogens with one attached hydrogen (secondary N) is 1. The van der Waals surface area contributed by atoms with Gasteiger partial charge in [-0.15, -0.1) is 0 Å². The van der Waals surface area contributed by atoms with Gasteiger partial charge in [-0.25, -0.2) is 4.79 Å². The molecule has 5 heteroatoms. The predicted octanol–water partition coefficient (Wildman–Crippen LogP) is 3.68. The quantitative estimate of drug-likeness (QED) is 0.681. The topological polar surface area (TPSA) is 58.6 Å². The molecule has 22 heavy (non-hydrogen) atoms. The van der Waals surface area contributed by atoms with E-state index in [1.54, 1.807) is 51.1 Å². The number of allylic oxidation sites excluding steroid dienone is 2. The first kappa shape index (κ1) is 17.8. The first-order valence-electron chi connectivity index (χ1n) is 7.08. The van der Waals surface area contributed by atoms with E-state index in [1.807, 2.05) is 25.9 Å². The molecule has 0 saturated heterocycles. The summed E-state index contributed by atoms with van der Waals surface area (Å²) >= 11 is 0. The van der Waals surface area contributed by atoms with Crippen LogP contribution in [0.3, 0.4) is 0 Å². The van der Waals surface area contributed by atoms with Gasteiger partial charge in [-0.3, -0.25) is 10.1 Å². The average Bonchev–Trinajstić information content (AvgIpc) is 2.36. The number of amides is 1. The molecular weight excluding hydrogens is 280 g/mol. The van der Waals surface area contributed by atoms with Gasteiger partial charge in [0.05, 0.1) is 0 Å². The highest BCUT2D eigenvalue weighted by Gasteiger charge is 2.16. The monoisotopic (exact) mass is 304 g/mol. The van der Waals surface area contributed by atoms with E-state index in [4.69, 9.17) is 4.74 Å². The molecule has 1 rings (SSSR count). The lowest BCUT2D eigenvalue weighted by Gasteiger charge is -2.19. The molecule has 0 atom stereocenters. The fourth-order valence-electron chi connectivity index (χ4n) is 1.54. The van der Waals surface area contributed by atoms with Gasteiger partial charge >= 0.3 is 6.09 Å². The maximum atomic E-state index is 12.1. The molecule has 5 nitrogen and oxygen atoms in total. The van der Waals surface area contributed by atoms with Gasteiger partial charge in [-0.1, -0.05) is 0 Å². The van der Waals surface area contributed by atoms with Crippen LogP contribution < -0.4 is 5.32 Å². The molecule has 0 heterocycles. The highest BCUT2D eigenvalue weighted by Crippen LogP contribution is 2.14. The Hall–Kier alpha value is -2.30. The number of nitrogens with zero attached hydrogens (tertiary/aromatic N) is 1. The third-order valence-electron chi connectivity index (χ3n) is 2.86. The molecule has 0 unspecified atom stereocenters. The summed E-state index contributed by atoms with van der Waals surface area (Å²) in [5.74, 6) is -0.0741. The van der Waals surface area contributed by atoms with E-state index >= 15 is 0 Å². The number of ketones is 1. The normalized spacial score (nSPS) is 11.8. The average molecular weight is 304 g/mol. The van der Waals surface area contributed by atoms with Crippen molar-refractivity contribution in [3.05, 3.63) is 41.6 Å². The summed E-state index contributed by atoms with van der Waals surface area (Å²) < 4.78 is 5.17. The van der Waals surface area contributed by atoms with E-state index in [0.29, 0.717) is 11.3 Å². The third-order valence-corrected chi connectivity index (χ3v) is 2.86. The van der Waals surface area contributed by atoms with Gasteiger partial charge in [0.2, 0.25) is 0 Å². The van der Waals surface area contributed by atoms with Crippen LogP contribution in [0.5, 0.6) is 0 Å². The molecule has 0 radical (unpaired) electrons. The number of hydrogen-bond acceptors (Lipinski definition) is 4. The van der Waals surface area contributed by atoms with Gasteiger partial charge < -0.3 is 9.64 Å². The van der Waals surface area contributed by atoms with E-state index in [2.05, 4.69) is 5.32 Å². The molecule has 0 fully saturated rings. The van der Waals surface area contributed by atoms with E-state index in [0.717, 1.165) is 5.70 Å². The summed E-state index contributed by atoms with van der Waals surface area (Å²) in [6, 6.07) is 6.70. The summed E-state index contributed by atoms with van der Waals surface area (Å²) in [6.45, 7) is 7.27. The second kappa shape index (κ2) is 7.11. The Morgan fingerprint density at radius 1 is 1.14 bits per heavy atom. The molecule has 1 N–H and O–H groups in total. The minimum Gasteiger partial charge on any atom is -0.444 e. The van der Waals surface area contributed by atoms with Crippen molar-refractivity contribution in [2.45, 2.75) is 33.3 Å². The Balaban J connectivity index is 2.73. The summed E-state index contributed by atoms with van der Waals surface area (Å²) in [4.78, 5) is 25.6. The van der Waals surface area contributed by atoms with E-state index in [9.17, 15) is 9.59 Å². The van der Waals surface area contributed by atoms with Gasteiger partial charge in [0.25, 0.3) is 0 Å². The van der Waals surface area contributed by atoms with Crippen LogP contribution in [-0.2, 0) is 4.74 Å². The number of anilines is 1. The molecule has 1 aromatic rings. The van der Waals surface area contributed by atoms with Gasteiger partial charge in [-0.2, -0.15) is 0 Å². The zero-order valence-electron chi connectivity index (χ0n) is 14.1. The van der Waals surface area contributed by atoms with Crippen LogP contribution in [0.2, 0.25) is 0 Å².